The predicted octanol–water partition coefficient (Wildman–Crippen LogP) is 2.83. The van der Waals surface area contributed by atoms with Crippen LogP contribution in [0.25, 0.3) is 0 Å². The van der Waals surface area contributed by atoms with E-state index in [1.165, 1.54) is 24.0 Å². The number of rotatable bonds is 2. The van der Waals surface area contributed by atoms with Gasteiger partial charge in [-0.2, -0.15) is 13.2 Å². The lowest BCUT2D eigenvalue weighted by Crippen LogP contribution is -2.44. The number of ketones is 1. The van der Waals surface area contributed by atoms with Gasteiger partial charge in [0, 0.05) is 18.7 Å². The number of hydrogen-bond acceptors (Lipinski definition) is 3. The predicted molar refractivity (Wildman–Crippen MR) is 78.1 cm³/mol. The highest BCUT2D eigenvalue weighted by Gasteiger charge is 2.41. The molecule has 132 valence electrons. The summed E-state index contributed by atoms with van der Waals surface area (Å²) < 4.78 is 52.7. The largest absolute Gasteiger partial charge is 0.449 e. The van der Waals surface area contributed by atoms with Crippen molar-refractivity contribution in [2.45, 2.75) is 25.7 Å². The minimum Gasteiger partial charge on any atom is -0.326 e. The van der Waals surface area contributed by atoms with E-state index in [0.717, 1.165) is 22.9 Å². The van der Waals surface area contributed by atoms with Crippen LogP contribution in [0.3, 0.4) is 0 Å². The summed E-state index contributed by atoms with van der Waals surface area (Å²) in [7, 11) is 0. The molecule has 1 aliphatic rings. The van der Waals surface area contributed by atoms with Gasteiger partial charge in [0.2, 0.25) is 11.6 Å². The molecule has 0 radical (unpaired) electrons. The Bertz CT molecular complexity index is 827. The third-order valence-electron chi connectivity index (χ3n) is 4.16. The van der Waals surface area contributed by atoms with E-state index < -0.39 is 35.6 Å². The fraction of sp³-hybridized carbons (Fsp3) is 0.312. The summed E-state index contributed by atoms with van der Waals surface area (Å²) in [5, 5.41) is 0. The molecule has 1 aromatic heterocycles. The topological polar surface area (TPSA) is 55.2 Å². The van der Waals surface area contributed by atoms with Gasteiger partial charge in [-0.1, -0.05) is 0 Å². The van der Waals surface area contributed by atoms with Crippen LogP contribution in [-0.4, -0.2) is 32.7 Å². The molecule has 1 aromatic carbocycles. The quantitative estimate of drug-likeness (QED) is 0.473. The number of carbonyl (C=O) groups excluding carboxylic acids is 2. The van der Waals surface area contributed by atoms with Crippen molar-refractivity contribution in [1.29, 1.82) is 0 Å². The number of alkyl halides is 3. The van der Waals surface area contributed by atoms with Crippen LogP contribution in [0.2, 0.25) is 0 Å². The molecule has 1 atom stereocenters. The molecule has 9 heteroatoms. The molecule has 0 saturated heterocycles. The van der Waals surface area contributed by atoms with Crippen LogP contribution in [0, 0.1) is 5.82 Å². The number of imidazole rings is 1. The van der Waals surface area contributed by atoms with Crippen molar-refractivity contribution >= 4 is 11.7 Å². The number of amides is 1. The van der Waals surface area contributed by atoms with Gasteiger partial charge in [0.25, 0.3) is 5.91 Å². The van der Waals surface area contributed by atoms with Gasteiger partial charge in [-0.3, -0.25) is 9.59 Å². The van der Waals surface area contributed by atoms with Crippen molar-refractivity contribution in [3.05, 3.63) is 53.4 Å². The smallest absolute Gasteiger partial charge is 0.326 e. The van der Waals surface area contributed by atoms with E-state index in [9.17, 15) is 27.2 Å². The summed E-state index contributed by atoms with van der Waals surface area (Å²) in [4.78, 5) is 29.3. The Hall–Kier alpha value is -2.71. The summed E-state index contributed by atoms with van der Waals surface area (Å²) in [6.07, 6.45) is -3.52. The molecule has 2 aromatic rings. The first-order valence-electron chi connectivity index (χ1n) is 7.43. The van der Waals surface area contributed by atoms with Crippen molar-refractivity contribution in [3.63, 3.8) is 0 Å². The summed E-state index contributed by atoms with van der Waals surface area (Å²) in [6.45, 7) is 1.36. The third-order valence-corrected chi connectivity index (χ3v) is 4.16. The first-order chi connectivity index (χ1) is 11.7. The molecule has 0 saturated carbocycles. The second-order valence-corrected chi connectivity index (χ2v) is 5.67. The molecule has 1 aliphatic heterocycles. The molecule has 25 heavy (non-hydrogen) atoms. The van der Waals surface area contributed by atoms with Gasteiger partial charge >= 0.3 is 6.18 Å². The molecule has 0 fully saturated rings. The van der Waals surface area contributed by atoms with Crippen molar-refractivity contribution in [2.75, 3.05) is 6.54 Å². The van der Waals surface area contributed by atoms with Crippen molar-refractivity contribution in [3.8, 4) is 0 Å². The standard InChI is InChI=1S/C16H13F4N3O2/c1-9-12-8-21-15(16(18,19)20)23(12)7-6-22(9)14(25)13(24)10-2-4-11(17)5-3-10/h2-5,8-9H,6-7H2,1H3. The highest BCUT2D eigenvalue weighted by molar-refractivity contribution is 6.42. The Kier molecular flexibility index (Phi) is 4.09. The van der Waals surface area contributed by atoms with Crippen LogP contribution in [0.4, 0.5) is 17.6 Å². The van der Waals surface area contributed by atoms with Crippen LogP contribution < -0.4 is 0 Å². The molecule has 1 amide bonds. The lowest BCUT2D eigenvalue weighted by atomic mass is 10.1. The van der Waals surface area contributed by atoms with Crippen LogP contribution >= 0.6 is 0 Å². The molecular formula is C16H13F4N3O2. The maximum Gasteiger partial charge on any atom is 0.449 e. The zero-order valence-electron chi connectivity index (χ0n) is 13.0. The number of aromatic nitrogens is 2. The Morgan fingerprint density at radius 2 is 1.80 bits per heavy atom. The number of benzene rings is 1. The van der Waals surface area contributed by atoms with E-state index in [0.29, 0.717) is 0 Å². The summed E-state index contributed by atoms with van der Waals surface area (Å²) in [5.41, 5.74) is 0.229. The van der Waals surface area contributed by atoms with Gasteiger partial charge in [-0.25, -0.2) is 9.37 Å². The molecule has 0 aliphatic carbocycles. The van der Waals surface area contributed by atoms with Gasteiger partial charge in [-0.05, 0) is 31.2 Å². The number of nitrogens with zero attached hydrogens (tertiary/aromatic N) is 3. The number of carbonyl (C=O) groups is 2. The van der Waals surface area contributed by atoms with Crippen LogP contribution in [0.5, 0.6) is 0 Å². The van der Waals surface area contributed by atoms with E-state index in [1.54, 1.807) is 0 Å². The van der Waals surface area contributed by atoms with Crippen LogP contribution in [0.15, 0.2) is 30.5 Å². The molecule has 5 nitrogen and oxygen atoms in total. The lowest BCUT2D eigenvalue weighted by Gasteiger charge is -2.34. The zero-order chi connectivity index (χ0) is 18.4. The fourth-order valence-corrected chi connectivity index (χ4v) is 2.88. The second kappa shape index (κ2) is 5.98. The van der Waals surface area contributed by atoms with Gasteiger partial charge < -0.3 is 9.47 Å². The van der Waals surface area contributed by atoms with E-state index in [-0.39, 0.29) is 24.3 Å². The minimum atomic E-state index is -4.59. The average molecular weight is 355 g/mol. The Balaban J connectivity index is 1.85. The Morgan fingerprint density at radius 1 is 1.16 bits per heavy atom. The number of hydrogen-bond donors (Lipinski definition) is 0. The first kappa shape index (κ1) is 17.1. The molecule has 3 rings (SSSR count). The molecule has 2 heterocycles. The summed E-state index contributed by atoms with van der Waals surface area (Å²) >= 11 is 0. The van der Waals surface area contributed by atoms with Gasteiger partial charge in [-0.15, -0.1) is 0 Å². The SMILES string of the molecule is CC1c2cnc(C(F)(F)F)n2CCN1C(=O)C(=O)c1ccc(F)cc1. The minimum absolute atomic E-state index is 0.0219. The third kappa shape index (κ3) is 3.01. The van der Waals surface area contributed by atoms with Crippen LogP contribution in [-0.2, 0) is 17.5 Å². The number of halogens is 4. The van der Waals surface area contributed by atoms with E-state index in [4.69, 9.17) is 0 Å². The van der Waals surface area contributed by atoms with Gasteiger partial charge in [0.15, 0.2) is 0 Å². The van der Waals surface area contributed by atoms with Crippen molar-refractivity contribution in [2.24, 2.45) is 0 Å². The Morgan fingerprint density at radius 3 is 2.40 bits per heavy atom. The first-order valence-corrected chi connectivity index (χ1v) is 7.43. The van der Waals surface area contributed by atoms with E-state index in [1.807, 2.05) is 0 Å². The van der Waals surface area contributed by atoms with E-state index in [2.05, 4.69) is 4.98 Å². The second-order valence-electron chi connectivity index (χ2n) is 5.67. The van der Waals surface area contributed by atoms with Gasteiger partial charge in [0.05, 0.1) is 17.9 Å². The summed E-state index contributed by atoms with van der Waals surface area (Å²) in [5.74, 6) is -3.25. The maximum absolute atomic E-state index is 12.9. The highest BCUT2D eigenvalue weighted by atomic mass is 19.4. The highest BCUT2D eigenvalue weighted by Crippen LogP contribution is 2.34. The molecule has 0 spiro atoms. The van der Waals surface area contributed by atoms with Gasteiger partial charge in [0.1, 0.15) is 5.82 Å². The lowest BCUT2D eigenvalue weighted by molar-refractivity contribution is -0.148. The molecule has 0 N–H and O–H groups in total. The van der Waals surface area contributed by atoms with Crippen molar-refractivity contribution < 1.29 is 27.2 Å². The zero-order valence-corrected chi connectivity index (χ0v) is 13.0. The van der Waals surface area contributed by atoms with Crippen LogP contribution in [0.1, 0.15) is 34.8 Å². The fourth-order valence-electron chi connectivity index (χ4n) is 2.88. The normalized spacial score (nSPS) is 17.3. The molecule has 1 unspecified atom stereocenters. The molecular weight excluding hydrogens is 342 g/mol. The number of fused-ring (bicyclic) bond motifs is 1. The average Bonchev–Trinajstić information content (AvgIpc) is 3.00. The van der Waals surface area contributed by atoms with E-state index >= 15 is 0 Å². The summed E-state index contributed by atoms with van der Waals surface area (Å²) in [6, 6.07) is 3.76. The maximum atomic E-state index is 12.9. The van der Waals surface area contributed by atoms with Crippen molar-refractivity contribution in [1.82, 2.24) is 14.5 Å². The Labute approximate surface area is 139 Å². The number of Topliss-reactive ketones (excluding diaryl/α,β-unsaturated/α-hetero) is 1. The monoisotopic (exact) mass is 355 g/mol. The molecule has 0 bridgehead atoms.